The standard InChI is InChI=1S/C20H24O/c1-4-15(3)20-12-11-17(16-9-7-6-8-10-16)13-18(20)14-19(21)5-2/h6-13,15H,4-5,14H2,1-3H3. The van der Waals surface area contributed by atoms with Gasteiger partial charge in [-0.3, -0.25) is 4.79 Å². The van der Waals surface area contributed by atoms with Crippen LogP contribution < -0.4 is 0 Å². The molecular weight excluding hydrogens is 256 g/mol. The largest absolute Gasteiger partial charge is 0.299 e. The lowest BCUT2D eigenvalue weighted by atomic mass is 9.88. The fraction of sp³-hybridized carbons (Fsp3) is 0.350. The minimum absolute atomic E-state index is 0.310. The van der Waals surface area contributed by atoms with E-state index in [4.69, 9.17) is 0 Å². The maximum absolute atomic E-state index is 11.9. The van der Waals surface area contributed by atoms with Gasteiger partial charge < -0.3 is 0 Å². The molecule has 1 unspecified atom stereocenters. The van der Waals surface area contributed by atoms with Crippen molar-refractivity contribution in [2.75, 3.05) is 0 Å². The van der Waals surface area contributed by atoms with Gasteiger partial charge in [-0.2, -0.15) is 0 Å². The first-order valence-corrected chi connectivity index (χ1v) is 7.85. The van der Waals surface area contributed by atoms with E-state index in [2.05, 4.69) is 56.3 Å². The van der Waals surface area contributed by atoms with Gasteiger partial charge in [0.1, 0.15) is 5.78 Å². The summed E-state index contributed by atoms with van der Waals surface area (Å²) in [5.41, 5.74) is 4.91. The highest BCUT2D eigenvalue weighted by atomic mass is 16.1. The molecular formula is C20H24O. The summed E-state index contributed by atoms with van der Waals surface area (Å²) in [6.45, 7) is 6.37. The zero-order chi connectivity index (χ0) is 15.2. The Bertz CT molecular complexity index is 598. The lowest BCUT2D eigenvalue weighted by molar-refractivity contribution is -0.118. The SMILES string of the molecule is CCC(=O)Cc1cc(-c2ccccc2)ccc1C(C)CC. The van der Waals surface area contributed by atoms with Gasteiger partial charge in [-0.15, -0.1) is 0 Å². The van der Waals surface area contributed by atoms with Crippen molar-refractivity contribution in [3.8, 4) is 11.1 Å². The van der Waals surface area contributed by atoms with Crippen LogP contribution in [0.5, 0.6) is 0 Å². The van der Waals surface area contributed by atoms with Crippen molar-refractivity contribution in [3.63, 3.8) is 0 Å². The van der Waals surface area contributed by atoms with E-state index in [0.29, 0.717) is 24.5 Å². The van der Waals surface area contributed by atoms with Crippen molar-refractivity contribution in [1.82, 2.24) is 0 Å². The van der Waals surface area contributed by atoms with Crippen LogP contribution in [0, 0.1) is 0 Å². The molecule has 0 aliphatic carbocycles. The molecule has 2 aromatic carbocycles. The molecule has 0 amide bonds. The van der Waals surface area contributed by atoms with Crippen LogP contribution in [0.25, 0.3) is 11.1 Å². The number of benzene rings is 2. The van der Waals surface area contributed by atoms with Crippen molar-refractivity contribution in [2.24, 2.45) is 0 Å². The molecule has 1 heteroatoms. The predicted octanol–water partition coefficient (Wildman–Crippen LogP) is 5.39. The van der Waals surface area contributed by atoms with Gasteiger partial charge in [-0.25, -0.2) is 0 Å². The van der Waals surface area contributed by atoms with E-state index in [-0.39, 0.29) is 0 Å². The normalized spacial score (nSPS) is 12.1. The van der Waals surface area contributed by atoms with Gasteiger partial charge in [-0.05, 0) is 34.6 Å². The van der Waals surface area contributed by atoms with Gasteiger partial charge in [0.25, 0.3) is 0 Å². The van der Waals surface area contributed by atoms with Crippen LogP contribution in [-0.2, 0) is 11.2 Å². The van der Waals surface area contributed by atoms with E-state index in [9.17, 15) is 4.79 Å². The first-order valence-electron chi connectivity index (χ1n) is 7.85. The fourth-order valence-electron chi connectivity index (χ4n) is 2.61. The zero-order valence-corrected chi connectivity index (χ0v) is 13.2. The van der Waals surface area contributed by atoms with E-state index < -0.39 is 0 Å². The third kappa shape index (κ3) is 3.81. The van der Waals surface area contributed by atoms with Crippen LogP contribution in [-0.4, -0.2) is 5.78 Å². The molecule has 0 radical (unpaired) electrons. The molecule has 0 fully saturated rings. The molecule has 0 aliphatic heterocycles. The van der Waals surface area contributed by atoms with Crippen molar-refractivity contribution in [1.29, 1.82) is 0 Å². The maximum Gasteiger partial charge on any atom is 0.137 e. The van der Waals surface area contributed by atoms with Gasteiger partial charge in [0.15, 0.2) is 0 Å². The Kier molecular flexibility index (Phi) is 5.32. The molecule has 21 heavy (non-hydrogen) atoms. The summed E-state index contributed by atoms with van der Waals surface area (Å²) in [7, 11) is 0. The summed E-state index contributed by atoms with van der Waals surface area (Å²) in [5.74, 6) is 0.805. The van der Waals surface area contributed by atoms with Crippen LogP contribution in [0.1, 0.15) is 50.7 Å². The van der Waals surface area contributed by atoms with Crippen LogP contribution in [0.2, 0.25) is 0 Å². The van der Waals surface area contributed by atoms with Gasteiger partial charge in [-0.1, -0.05) is 69.3 Å². The number of hydrogen-bond donors (Lipinski definition) is 0. The Hall–Kier alpha value is -1.89. The lowest BCUT2D eigenvalue weighted by Crippen LogP contribution is -2.06. The molecule has 2 rings (SSSR count). The third-order valence-corrected chi connectivity index (χ3v) is 4.18. The summed E-state index contributed by atoms with van der Waals surface area (Å²) in [6.07, 6.45) is 2.25. The molecule has 110 valence electrons. The summed E-state index contributed by atoms with van der Waals surface area (Å²) < 4.78 is 0. The lowest BCUT2D eigenvalue weighted by Gasteiger charge is -2.16. The Morgan fingerprint density at radius 1 is 1.00 bits per heavy atom. The minimum Gasteiger partial charge on any atom is -0.299 e. The van der Waals surface area contributed by atoms with E-state index in [1.165, 1.54) is 22.3 Å². The average molecular weight is 280 g/mol. The second kappa shape index (κ2) is 7.21. The molecule has 0 saturated carbocycles. The zero-order valence-electron chi connectivity index (χ0n) is 13.2. The molecule has 0 bridgehead atoms. The summed E-state index contributed by atoms with van der Waals surface area (Å²) >= 11 is 0. The number of Topliss-reactive ketones (excluding diaryl/α,β-unsaturated/α-hetero) is 1. The van der Waals surface area contributed by atoms with Crippen molar-refractivity contribution < 1.29 is 4.79 Å². The molecule has 0 aromatic heterocycles. The fourth-order valence-corrected chi connectivity index (χ4v) is 2.61. The summed E-state index contributed by atoms with van der Waals surface area (Å²) in [6, 6.07) is 16.9. The second-order valence-corrected chi connectivity index (χ2v) is 5.66. The van der Waals surface area contributed by atoms with Gasteiger partial charge in [0.2, 0.25) is 0 Å². The monoisotopic (exact) mass is 280 g/mol. The first kappa shape index (κ1) is 15.5. The predicted molar refractivity (Wildman–Crippen MR) is 89.6 cm³/mol. The van der Waals surface area contributed by atoms with Gasteiger partial charge >= 0.3 is 0 Å². The third-order valence-electron chi connectivity index (χ3n) is 4.18. The molecule has 2 aromatic rings. The van der Waals surface area contributed by atoms with Crippen LogP contribution >= 0.6 is 0 Å². The smallest absolute Gasteiger partial charge is 0.137 e. The highest BCUT2D eigenvalue weighted by Gasteiger charge is 2.13. The average Bonchev–Trinajstić information content (AvgIpc) is 2.54. The molecule has 0 aliphatic rings. The molecule has 0 spiro atoms. The Labute approximate surface area is 128 Å². The van der Waals surface area contributed by atoms with Crippen molar-refractivity contribution >= 4 is 5.78 Å². The Balaban J connectivity index is 2.43. The highest BCUT2D eigenvalue weighted by molar-refractivity contribution is 5.81. The molecule has 0 saturated heterocycles. The van der Waals surface area contributed by atoms with Crippen LogP contribution in [0.3, 0.4) is 0 Å². The van der Waals surface area contributed by atoms with Crippen molar-refractivity contribution in [2.45, 2.75) is 46.0 Å². The molecule has 1 atom stereocenters. The Morgan fingerprint density at radius 2 is 1.71 bits per heavy atom. The van der Waals surface area contributed by atoms with Crippen LogP contribution in [0.15, 0.2) is 48.5 Å². The molecule has 0 N–H and O–H groups in total. The number of carbonyl (C=O) groups is 1. The van der Waals surface area contributed by atoms with Crippen molar-refractivity contribution in [3.05, 3.63) is 59.7 Å². The van der Waals surface area contributed by atoms with E-state index >= 15 is 0 Å². The number of hydrogen-bond acceptors (Lipinski definition) is 1. The molecule has 0 heterocycles. The molecule has 1 nitrogen and oxygen atoms in total. The van der Waals surface area contributed by atoms with Gasteiger partial charge in [0.05, 0.1) is 0 Å². The first-order chi connectivity index (χ1) is 10.2. The number of rotatable bonds is 6. The second-order valence-electron chi connectivity index (χ2n) is 5.66. The van der Waals surface area contributed by atoms with E-state index in [1.54, 1.807) is 0 Å². The number of carbonyl (C=O) groups excluding carboxylic acids is 1. The topological polar surface area (TPSA) is 17.1 Å². The highest BCUT2D eigenvalue weighted by Crippen LogP contribution is 2.28. The van der Waals surface area contributed by atoms with E-state index in [0.717, 1.165) is 6.42 Å². The quantitative estimate of drug-likeness (QED) is 0.693. The Morgan fingerprint density at radius 3 is 2.33 bits per heavy atom. The maximum atomic E-state index is 11.9. The van der Waals surface area contributed by atoms with Crippen LogP contribution in [0.4, 0.5) is 0 Å². The number of ketones is 1. The summed E-state index contributed by atoms with van der Waals surface area (Å²) in [4.78, 5) is 11.9. The van der Waals surface area contributed by atoms with Gasteiger partial charge in [0, 0.05) is 12.8 Å². The van der Waals surface area contributed by atoms with E-state index in [1.807, 2.05) is 13.0 Å². The minimum atomic E-state index is 0.310. The summed E-state index contributed by atoms with van der Waals surface area (Å²) in [5, 5.41) is 0.